The van der Waals surface area contributed by atoms with Gasteiger partial charge in [-0.2, -0.15) is 0 Å². The zero-order chi connectivity index (χ0) is 14.5. The molecule has 1 amide bonds. The van der Waals surface area contributed by atoms with E-state index < -0.39 is 10.0 Å². The number of anilines is 1. The molecule has 5 nitrogen and oxygen atoms in total. The van der Waals surface area contributed by atoms with Crippen LogP contribution in [0.25, 0.3) is 0 Å². The van der Waals surface area contributed by atoms with Gasteiger partial charge in [-0.05, 0) is 39.0 Å². The summed E-state index contributed by atoms with van der Waals surface area (Å²) in [4.78, 5) is 13.8. The summed E-state index contributed by atoms with van der Waals surface area (Å²) < 4.78 is 25.4. The molecular formula is C13H20N2O3S. The third kappa shape index (κ3) is 4.24. The summed E-state index contributed by atoms with van der Waals surface area (Å²) in [6.07, 6.45) is 0. The topological polar surface area (TPSA) is 66.5 Å². The SMILES string of the molecule is CCN(CC)C(=O)c1cccc(NS(=O)(=O)CC)c1. The highest BCUT2D eigenvalue weighted by Gasteiger charge is 2.14. The van der Waals surface area contributed by atoms with Gasteiger partial charge in [0.1, 0.15) is 0 Å². The summed E-state index contributed by atoms with van der Waals surface area (Å²) in [6, 6.07) is 6.55. The summed E-state index contributed by atoms with van der Waals surface area (Å²) in [5.41, 5.74) is 0.903. The Hall–Kier alpha value is -1.56. The highest BCUT2D eigenvalue weighted by atomic mass is 32.2. The number of amides is 1. The van der Waals surface area contributed by atoms with E-state index in [2.05, 4.69) is 4.72 Å². The van der Waals surface area contributed by atoms with Gasteiger partial charge in [-0.3, -0.25) is 9.52 Å². The lowest BCUT2D eigenvalue weighted by Crippen LogP contribution is -2.30. The molecule has 1 N–H and O–H groups in total. The molecule has 0 heterocycles. The molecule has 0 aliphatic heterocycles. The number of carbonyl (C=O) groups is 1. The molecule has 0 aromatic heterocycles. The largest absolute Gasteiger partial charge is 0.339 e. The minimum atomic E-state index is -3.32. The van der Waals surface area contributed by atoms with Gasteiger partial charge in [0.25, 0.3) is 5.91 Å². The maximum Gasteiger partial charge on any atom is 0.253 e. The van der Waals surface area contributed by atoms with E-state index in [-0.39, 0.29) is 11.7 Å². The summed E-state index contributed by atoms with van der Waals surface area (Å²) in [6.45, 7) is 6.63. The van der Waals surface area contributed by atoms with E-state index in [1.165, 1.54) is 0 Å². The average molecular weight is 284 g/mol. The molecule has 106 valence electrons. The van der Waals surface area contributed by atoms with E-state index in [0.717, 1.165) is 0 Å². The van der Waals surface area contributed by atoms with Crippen molar-refractivity contribution in [3.8, 4) is 0 Å². The lowest BCUT2D eigenvalue weighted by atomic mass is 10.2. The maximum atomic E-state index is 12.1. The van der Waals surface area contributed by atoms with E-state index in [1.54, 1.807) is 36.1 Å². The second-order valence-electron chi connectivity index (χ2n) is 4.06. The second kappa shape index (κ2) is 6.56. The minimum Gasteiger partial charge on any atom is -0.339 e. The van der Waals surface area contributed by atoms with Gasteiger partial charge in [-0.25, -0.2) is 8.42 Å². The Balaban J connectivity index is 2.97. The van der Waals surface area contributed by atoms with Crippen LogP contribution < -0.4 is 4.72 Å². The molecule has 1 aromatic rings. The predicted molar refractivity (Wildman–Crippen MR) is 76.8 cm³/mol. The molecule has 0 saturated carbocycles. The van der Waals surface area contributed by atoms with E-state index in [0.29, 0.717) is 24.3 Å². The van der Waals surface area contributed by atoms with Crippen molar-refractivity contribution >= 4 is 21.6 Å². The van der Waals surface area contributed by atoms with Crippen molar-refractivity contribution in [3.63, 3.8) is 0 Å². The smallest absolute Gasteiger partial charge is 0.253 e. The summed E-state index contributed by atoms with van der Waals surface area (Å²) >= 11 is 0. The molecule has 0 fully saturated rings. The Morgan fingerprint density at radius 1 is 1.21 bits per heavy atom. The van der Waals surface area contributed by atoms with Crippen LogP contribution in [0.15, 0.2) is 24.3 Å². The first-order valence-corrected chi connectivity index (χ1v) is 7.98. The lowest BCUT2D eigenvalue weighted by molar-refractivity contribution is 0.0773. The Labute approximate surface area is 114 Å². The third-order valence-corrected chi connectivity index (χ3v) is 4.12. The van der Waals surface area contributed by atoms with Gasteiger partial charge in [-0.1, -0.05) is 6.07 Å². The van der Waals surface area contributed by atoms with Crippen LogP contribution in [0.2, 0.25) is 0 Å². The maximum absolute atomic E-state index is 12.1. The number of nitrogens with one attached hydrogen (secondary N) is 1. The van der Waals surface area contributed by atoms with Gasteiger partial charge in [0.2, 0.25) is 10.0 Å². The molecule has 0 atom stereocenters. The number of sulfonamides is 1. The van der Waals surface area contributed by atoms with Gasteiger partial charge < -0.3 is 4.90 Å². The highest BCUT2D eigenvalue weighted by molar-refractivity contribution is 7.92. The number of benzene rings is 1. The lowest BCUT2D eigenvalue weighted by Gasteiger charge is -2.19. The fourth-order valence-corrected chi connectivity index (χ4v) is 2.29. The van der Waals surface area contributed by atoms with Crippen molar-refractivity contribution in [2.24, 2.45) is 0 Å². The number of hydrogen-bond donors (Lipinski definition) is 1. The van der Waals surface area contributed by atoms with E-state index in [4.69, 9.17) is 0 Å². The van der Waals surface area contributed by atoms with Crippen molar-refractivity contribution in [2.45, 2.75) is 20.8 Å². The average Bonchev–Trinajstić information content (AvgIpc) is 2.40. The van der Waals surface area contributed by atoms with Crippen molar-refractivity contribution in [1.82, 2.24) is 4.90 Å². The van der Waals surface area contributed by atoms with Gasteiger partial charge in [0.15, 0.2) is 0 Å². The first kappa shape index (κ1) is 15.5. The van der Waals surface area contributed by atoms with Crippen LogP contribution in [0.3, 0.4) is 0 Å². The van der Waals surface area contributed by atoms with Crippen LogP contribution >= 0.6 is 0 Å². The minimum absolute atomic E-state index is 0.00121. The van der Waals surface area contributed by atoms with Crippen LogP contribution in [0.4, 0.5) is 5.69 Å². The van der Waals surface area contributed by atoms with Crippen LogP contribution in [0.1, 0.15) is 31.1 Å². The predicted octanol–water partition coefficient (Wildman–Crippen LogP) is 1.93. The van der Waals surface area contributed by atoms with E-state index in [1.807, 2.05) is 13.8 Å². The van der Waals surface area contributed by atoms with E-state index >= 15 is 0 Å². The van der Waals surface area contributed by atoms with Gasteiger partial charge in [-0.15, -0.1) is 0 Å². The second-order valence-corrected chi connectivity index (χ2v) is 6.07. The van der Waals surface area contributed by atoms with Crippen LogP contribution in [-0.2, 0) is 10.0 Å². The number of hydrogen-bond acceptors (Lipinski definition) is 3. The normalized spacial score (nSPS) is 11.1. The first-order valence-electron chi connectivity index (χ1n) is 6.33. The highest BCUT2D eigenvalue weighted by Crippen LogP contribution is 2.14. The van der Waals surface area contributed by atoms with Crippen molar-refractivity contribution in [2.75, 3.05) is 23.6 Å². The number of nitrogens with zero attached hydrogens (tertiary/aromatic N) is 1. The zero-order valence-electron chi connectivity index (χ0n) is 11.5. The quantitative estimate of drug-likeness (QED) is 0.868. The molecule has 1 rings (SSSR count). The molecule has 0 radical (unpaired) electrons. The van der Waals surface area contributed by atoms with Crippen molar-refractivity contribution in [3.05, 3.63) is 29.8 Å². The monoisotopic (exact) mass is 284 g/mol. The summed E-state index contributed by atoms with van der Waals surface area (Å²) in [5.74, 6) is -0.0937. The first-order chi connectivity index (χ1) is 8.93. The van der Waals surface area contributed by atoms with Gasteiger partial charge >= 0.3 is 0 Å². The Morgan fingerprint density at radius 3 is 2.37 bits per heavy atom. The molecule has 0 saturated heterocycles. The summed E-state index contributed by atoms with van der Waals surface area (Å²) in [7, 11) is -3.32. The molecule has 0 aliphatic carbocycles. The Morgan fingerprint density at radius 2 is 1.84 bits per heavy atom. The molecule has 19 heavy (non-hydrogen) atoms. The van der Waals surface area contributed by atoms with Crippen LogP contribution in [-0.4, -0.2) is 38.1 Å². The van der Waals surface area contributed by atoms with Gasteiger partial charge in [0.05, 0.1) is 5.75 Å². The molecular weight excluding hydrogens is 264 g/mol. The Kier molecular flexibility index (Phi) is 5.35. The number of rotatable bonds is 6. The molecule has 0 unspecified atom stereocenters. The van der Waals surface area contributed by atoms with Crippen molar-refractivity contribution in [1.29, 1.82) is 0 Å². The molecule has 0 spiro atoms. The fourth-order valence-electron chi connectivity index (χ4n) is 1.66. The third-order valence-electron chi connectivity index (χ3n) is 2.81. The molecule has 6 heteroatoms. The molecule has 1 aromatic carbocycles. The Bertz CT molecular complexity index is 537. The zero-order valence-corrected chi connectivity index (χ0v) is 12.3. The van der Waals surface area contributed by atoms with Crippen molar-refractivity contribution < 1.29 is 13.2 Å². The molecule has 0 aliphatic rings. The fraction of sp³-hybridized carbons (Fsp3) is 0.462. The summed E-state index contributed by atoms with van der Waals surface area (Å²) in [5, 5.41) is 0. The molecule has 0 bridgehead atoms. The number of carbonyl (C=O) groups excluding carboxylic acids is 1. The van der Waals surface area contributed by atoms with Gasteiger partial charge in [0, 0.05) is 24.3 Å². The van der Waals surface area contributed by atoms with Crippen LogP contribution in [0, 0.1) is 0 Å². The van der Waals surface area contributed by atoms with E-state index in [9.17, 15) is 13.2 Å². The van der Waals surface area contributed by atoms with Crippen LogP contribution in [0.5, 0.6) is 0 Å². The standard InChI is InChI=1S/C13H20N2O3S/c1-4-15(5-2)13(16)11-8-7-9-12(10-11)14-19(17,18)6-3/h7-10,14H,4-6H2,1-3H3.